The topological polar surface area (TPSA) is 65.1 Å². The van der Waals surface area contributed by atoms with Crippen molar-refractivity contribution in [3.63, 3.8) is 0 Å². The Bertz CT molecular complexity index is 571. The van der Waals surface area contributed by atoms with E-state index in [4.69, 9.17) is 33.8 Å². The standard InChI is InChI=1S/C14H18Cl2N4O/c1-21-7-6-20-14(12(16)9-18-20)13(19-17)8-10-2-4-11(15)5-3-10/h2-5,9,13,19H,6-8,17H2,1H3. The van der Waals surface area contributed by atoms with Crippen molar-refractivity contribution in [3.05, 3.63) is 51.8 Å². The number of methoxy groups -OCH3 is 1. The minimum atomic E-state index is -0.141. The molecule has 1 aromatic carbocycles. The Morgan fingerprint density at radius 3 is 2.67 bits per heavy atom. The largest absolute Gasteiger partial charge is 0.383 e. The molecule has 2 rings (SSSR count). The average Bonchev–Trinajstić information content (AvgIpc) is 2.85. The Balaban J connectivity index is 2.20. The minimum Gasteiger partial charge on any atom is -0.383 e. The van der Waals surface area contributed by atoms with Gasteiger partial charge in [-0.3, -0.25) is 16.0 Å². The van der Waals surface area contributed by atoms with Gasteiger partial charge in [-0.05, 0) is 24.1 Å². The fraction of sp³-hybridized carbons (Fsp3) is 0.357. The van der Waals surface area contributed by atoms with Crippen LogP contribution >= 0.6 is 23.2 Å². The van der Waals surface area contributed by atoms with Crippen molar-refractivity contribution in [2.24, 2.45) is 5.84 Å². The first-order valence-corrected chi connectivity index (χ1v) is 7.32. The number of rotatable bonds is 7. The van der Waals surface area contributed by atoms with Crippen molar-refractivity contribution in [3.8, 4) is 0 Å². The zero-order valence-electron chi connectivity index (χ0n) is 11.7. The summed E-state index contributed by atoms with van der Waals surface area (Å²) in [7, 11) is 1.65. The number of hydrogen-bond donors (Lipinski definition) is 2. The van der Waals surface area contributed by atoms with Crippen LogP contribution in [-0.2, 0) is 17.7 Å². The van der Waals surface area contributed by atoms with Crippen LogP contribution in [0.1, 0.15) is 17.3 Å². The van der Waals surface area contributed by atoms with E-state index < -0.39 is 0 Å². The number of ether oxygens (including phenoxy) is 1. The summed E-state index contributed by atoms with van der Waals surface area (Å²) in [6, 6.07) is 7.51. The number of aromatic nitrogens is 2. The van der Waals surface area contributed by atoms with Gasteiger partial charge in [0.1, 0.15) is 0 Å². The van der Waals surface area contributed by atoms with E-state index in [-0.39, 0.29) is 6.04 Å². The first-order valence-electron chi connectivity index (χ1n) is 6.56. The SMILES string of the molecule is COCCn1ncc(Cl)c1C(Cc1ccc(Cl)cc1)NN. The van der Waals surface area contributed by atoms with Gasteiger partial charge in [-0.15, -0.1) is 0 Å². The van der Waals surface area contributed by atoms with E-state index in [1.165, 1.54) is 0 Å². The van der Waals surface area contributed by atoms with E-state index in [1.54, 1.807) is 13.3 Å². The predicted octanol–water partition coefficient (Wildman–Crippen LogP) is 2.58. The molecule has 0 saturated heterocycles. The Labute approximate surface area is 134 Å². The van der Waals surface area contributed by atoms with Crippen molar-refractivity contribution < 1.29 is 4.74 Å². The van der Waals surface area contributed by atoms with Crippen LogP contribution in [0.3, 0.4) is 0 Å². The Morgan fingerprint density at radius 1 is 1.33 bits per heavy atom. The monoisotopic (exact) mass is 328 g/mol. The lowest BCUT2D eigenvalue weighted by Crippen LogP contribution is -2.32. The summed E-state index contributed by atoms with van der Waals surface area (Å²) in [5.41, 5.74) is 4.77. The summed E-state index contributed by atoms with van der Waals surface area (Å²) >= 11 is 12.1. The minimum absolute atomic E-state index is 0.141. The molecule has 0 radical (unpaired) electrons. The molecule has 0 bridgehead atoms. The number of halogens is 2. The molecule has 21 heavy (non-hydrogen) atoms. The van der Waals surface area contributed by atoms with Crippen LogP contribution in [0.2, 0.25) is 10.0 Å². The number of nitrogens with one attached hydrogen (secondary N) is 1. The van der Waals surface area contributed by atoms with Crippen molar-refractivity contribution >= 4 is 23.2 Å². The fourth-order valence-corrected chi connectivity index (χ4v) is 2.56. The van der Waals surface area contributed by atoms with Crippen LogP contribution in [0.25, 0.3) is 0 Å². The molecule has 0 amide bonds. The van der Waals surface area contributed by atoms with Gasteiger partial charge >= 0.3 is 0 Å². The Hall–Kier alpha value is -1.11. The van der Waals surface area contributed by atoms with Gasteiger partial charge in [-0.2, -0.15) is 5.10 Å². The maximum absolute atomic E-state index is 6.25. The van der Waals surface area contributed by atoms with E-state index in [0.29, 0.717) is 29.6 Å². The Kier molecular flexibility index (Phi) is 6.02. The van der Waals surface area contributed by atoms with Crippen LogP contribution in [0.15, 0.2) is 30.5 Å². The van der Waals surface area contributed by atoms with Crippen LogP contribution in [-0.4, -0.2) is 23.5 Å². The number of benzene rings is 1. The van der Waals surface area contributed by atoms with E-state index in [1.807, 2.05) is 28.9 Å². The highest BCUT2D eigenvalue weighted by Gasteiger charge is 2.19. The molecule has 1 heterocycles. The molecule has 1 atom stereocenters. The summed E-state index contributed by atoms with van der Waals surface area (Å²) < 4.78 is 6.90. The molecule has 2 aromatic rings. The molecule has 0 aliphatic carbocycles. The molecule has 0 fully saturated rings. The summed E-state index contributed by atoms with van der Waals surface area (Å²) in [5, 5.41) is 5.56. The van der Waals surface area contributed by atoms with Gasteiger partial charge in [0.15, 0.2) is 0 Å². The van der Waals surface area contributed by atoms with E-state index in [0.717, 1.165) is 11.3 Å². The van der Waals surface area contributed by atoms with Gasteiger partial charge in [-0.1, -0.05) is 35.3 Å². The molecule has 0 aliphatic rings. The first-order chi connectivity index (χ1) is 10.2. The van der Waals surface area contributed by atoms with Crippen LogP contribution in [0.5, 0.6) is 0 Å². The number of hydrogen-bond acceptors (Lipinski definition) is 4. The molecule has 7 heteroatoms. The molecule has 1 aromatic heterocycles. The predicted molar refractivity (Wildman–Crippen MR) is 84.3 cm³/mol. The van der Waals surface area contributed by atoms with E-state index in [2.05, 4.69) is 10.5 Å². The van der Waals surface area contributed by atoms with Crippen LogP contribution in [0, 0.1) is 0 Å². The van der Waals surface area contributed by atoms with Crippen molar-refractivity contribution in [2.75, 3.05) is 13.7 Å². The molecule has 5 nitrogen and oxygen atoms in total. The average molecular weight is 329 g/mol. The number of nitrogens with zero attached hydrogens (tertiary/aromatic N) is 2. The van der Waals surface area contributed by atoms with Crippen molar-refractivity contribution in [1.82, 2.24) is 15.2 Å². The Morgan fingerprint density at radius 2 is 2.05 bits per heavy atom. The molecule has 3 N–H and O–H groups in total. The lowest BCUT2D eigenvalue weighted by Gasteiger charge is -2.18. The van der Waals surface area contributed by atoms with Crippen LogP contribution < -0.4 is 11.3 Å². The summed E-state index contributed by atoms with van der Waals surface area (Å²) in [5.74, 6) is 5.70. The highest BCUT2D eigenvalue weighted by Crippen LogP contribution is 2.25. The zero-order chi connectivity index (χ0) is 15.2. The van der Waals surface area contributed by atoms with E-state index in [9.17, 15) is 0 Å². The molecule has 1 unspecified atom stereocenters. The van der Waals surface area contributed by atoms with Gasteiger partial charge < -0.3 is 4.74 Å². The van der Waals surface area contributed by atoms with Gasteiger partial charge in [0.25, 0.3) is 0 Å². The molecule has 114 valence electrons. The second kappa shape index (κ2) is 7.77. The van der Waals surface area contributed by atoms with E-state index >= 15 is 0 Å². The maximum atomic E-state index is 6.25. The maximum Gasteiger partial charge on any atom is 0.0834 e. The summed E-state index contributed by atoms with van der Waals surface area (Å²) in [6.45, 7) is 1.18. The molecule has 0 saturated carbocycles. The zero-order valence-corrected chi connectivity index (χ0v) is 13.2. The van der Waals surface area contributed by atoms with Crippen molar-refractivity contribution in [1.29, 1.82) is 0 Å². The fourth-order valence-electron chi connectivity index (χ4n) is 2.17. The summed E-state index contributed by atoms with van der Waals surface area (Å²) in [4.78, 5) is 0. The normalized spacial score (nSPS) is 12.6. The molecular formula is C14H18Cl2N4O. The second-order valence-corrected chi connectivity index (χ2v) is 5.49. The molecule has 0 spiro atoms. The third-order valence-corrected chi connectivity index (χ3v) is 3.77. The number of nitrogens with two attached hydrogens (primary N) is 1. The highest BCUT2D eigenvalue weighted by atomic mass is 35.5. The smallest absolute Gasteiger partial charge is 0.0834 e. The van der Waals surface area contributed by atoms with Crippen LogP contribution in [0.4, 0.5) is 0 Å². The first kappa shape index (κ1) is 16.3. The lowest BCUT2D eigenvalue weighted by molar-refractivity contribution is 0.181. The van der Waals surface area contributed by atoms with Crippen molar-refractivity contribution in [2.45, 2.75) is 19.0 Å². The quantitative estimate of drug-likeness (QED) is 0.605. The van der Waals surface area contributed by atoms with Gasteiger partial charge in [0.2, 0.25) is 0 Å². The molecule has 0 aliphatic heterocycles. The lowest BCUT2D eigenvalue weighted by atomic mass is 10.0. The second-order valence-electron chi connectivity index (χ2n) is 4.64. The van der Waals surface area contributed by atoms with Gasteiger partial charge in [-0.25, -0.2) is 0 Å². The summed E-state index contributed by atoms with van der Waals surface area (Å²) in [6.07, 6.45) is 2.31. The van der Waals surface area contributed by atoms with Gasteiger partial charge in [0.05, 0.1) is 36.1 Å². The third kappa shape index (κ3) is 4.18. The third-order valence-electron chi connectivity index (χ3n) is 3.22. The molecular weight excluding hydrogens is 311 g/mol. The highest BCUT2D eigenvalue weighted by molar-refractivity contribution is 6.31. The number of hydrazine groups is 1. The van der Waals surface area contributed by atoms with Gasteiger partial charge in [0, 0.05) is 12.1 Å².